The number of sulfone groups is 1. The molecule has 1 aromatic carbocycles. The van der Waals surface area contributed by atoms with E-state index in [0.29, 0.717) is 24.1 Å². The molecule has 2 aliphatic rings. The number of carbonyl (C=O) groups is 2. The van der Waals surface area contributed by atoms with Crippen molar-refractivity contribution in [3.05, 3.63) is 35.4 Å². The van der Waals surface area contributed by atoms with Crippen LogP contribution in [0.15, 0.2) is 24.3 Å². The smallest absolute Gasteiger partial charge is 0.262 e. The Hall–Kier alpha value is -1.73. The van der Waals surface area contributed by atoms with Gasteiger partial charge in [-0.3, -0.25) is 19.4 Å². The Bertz CT molecular complexity index is 709. The number of fused-ring (bicyclic) bond motifs is 1. The van der Waals surface area contributed by atoms with Crippen molar-refractivity contribution < 1.29 is 18.0 Å². The minimum absolute atomic E-state index is 0.107. The number of amides is 2. The largest absolute Gasteiger partial charge is 0.282 e. The number of rotatable bonds is 5. The lowest BCUT2D eigenvalue weighted by Gasteiger charge is -2.30. The van der Waals surface area contributed by atoms with E-state index in [1.54, 1.807) is 24.3 Å². The fourth-order valence-corrected chi connectivity index (χ4v) is 5.03. The molecule has 0 saturated carbocycles. The second-order valence-corrected chi connectivity index (χ2v) is 8.32. The highest BCUT2D eigenvalue weighted by molar-refractivity contribution is 7.91. The summed E-state index contributed by atoms with van der Waals surface area (Å²) in [5, 5.41) is 0. The number of imide groups is 1. The first-order valence-corrected chi connectivity index (χ1v) is 9.65. The molecule has 2 amide bonds. The van der Waals surface area contributed by atoms with Gasteiger partial charge in [0.1, 0.15) is 0 Å². The Labute approximate surface area is 136 Å². The lowest BCUT2D eigenvalue weighted by Crippen LogP contribution is -2.46. The summed E-state index contributed by atoms with van der Waals surface area (Å²) in [6.07, 6.45) is 1.39. The highest BCUT2D eigenvalue weighted by Gasteiger charge is 2.39. The quantitative estimate of drug-likeness (QED) is 0.754. The maximum atomic E-state index is 12.4. The van der Waals surface area contributed by atoms with Crippen molar-refractivity contribution in [1.82, 2.24) is 9.80 Å². The summed E-state index contributed by atoms with van der Waals surface area (Å²) in [6.45, 7) is 2.81. The molecule has 0 aromatic heterocycles. The van der Waals surface area contributed by atoms with Crippen LogP contribution >= 0.6 is 0 Å². The van der Waals surface area contributed by atoms with Crippen LogP contribution in [0.25, 0.3) is 0 Å². The Morgan fingerprint density at radius 3 is 2.26 bits per heavy atom. The van der Waals surface area contributed by atoms with Crippen LogP contribution in [0.2, 0.25) is 0 Å². The third kappa shape index (κ3) is 3.03. The molecular formula is C16H20N2O4S. The van der Waals surface area contributed by atoms with Crippen molar-refractivity contribution >= 4 is 21.7 Å². The van der Waals surface area contributed by atoms with E-state index in [4.69, 9.17) is 0 Å². The van der Waals surface area contributed by atoms with Gasteiger partial charge in [0.15, 0.2) is 9.84 Å². The highest BCUT2D eigenvalue weighted by atomic mass is 32.2. The van der Waals surface area contributed by atoms with Crippen molar-refractivity contribution in [2.75, 3.05) is 24.7 Å². The van der Waals surface area contributed by atoms with Gasteiger partial charge in [-0.05, 0) is 31.5 Å². The first-order chi connectivity index (χ1) is 10.9. The van der Waals surface area contributed by atoms with Crippen LogP contribution in [-0.2, 0) is 9.84 Å². The van der Waals surface area contributed by atoms with Gasteiger partial charge in [-0.15, -0.1) is 0 Å². The summed E-state index contributed by atoms with van der Waals surface area (Å²) >= 11 is 0. The number of carbonyl (C=O) groups excluding carboxylic acids is 2. The van der Waals surface area contributed by atoms with E-state index in [2.05, 4.69) is 0 Å². The van der Waals surface area contributed by atoms with E-state index < -0.39 is 9.84 Å². The molecule has 124 valence electrons. The third-order valence-electron chi connectivity index (χ3n) is 4.44. The van der Waals surface area contributed by atoms with E-state index in [0.717, 1.165) is 6.42 Å². The van der Waals surface area contributed by atoms with Crippen molar-refractivity contribution in [2.24, 2.45) is 0 Å². The van der Waals surface area contributed by atoms with E-state index in [9.17, 15) is 18.0 Å². The lowest BCUT2D eigenvalue weighted by atomic mass is 10.1. The predicted molar refractivity (Wildman–Crippen MR) is 85.9 cm³/mol. The Morgan fingerprint density at radius 2 is 1.78 bits per heavy atom. The average Bonchev–Trinajstić information content (AvgIpc) is 3.00. The fourth-order valence-electron chi connectivity index (χ4n) is 3.27. The zero-order chi connectivity index (χ0) is 16.6. The van der Waals surface area contributed by atoms with Gasteiger partial charge in [-0.25, -0.2) is 8.42 Å². The van der Waals surface area contributed by atoms with E-state index in [1.165, 1.54) is 4.90 Å². The molecule has 0 aliphatic carbocycles. The molecule has 1 unspecified atom stereocenters. The molecule has 1 saturated heterocycles. The number of hydrogen-bond donors (Lipinski definition) is 0. The SMILES string of the molecule is CCCN(CN1C(=O)c2ccccc2C1=O)C1CCS(=O)(=O)C1. The normalized spacial score (nSPS) is 22.9. The van der Waals surface area contributed by atoms with Crippen LogP contribution < -0.4 is 0 Å². The highest BCUT2D eigenvalue weighted by Crippen LogP contribution is 2.25. The molecule has 23 heavy (non-hydrogen) atoms. The zero-order valence-corrected chi connectivity index (χ0v) is 13.9. The summed E-state index contributed by atoms with van der Waals surface area (Å²) in [6, 6.07) is 6.66. The summed E-state index contributed by atoms with van der Waals surface area (Å²) < 4.78 is 23.4. The predicted octanol–water partition coefficient (Wildman–Crippen LogP) is 1.14. The molecule has 0 N–H and O–H groups in total. The molecule has 2 heterocycles. The molecular weight excluding hydrogens is 316 g/mol. The topological polar surface area (TPSA) is 74.8 Å². The first kappa shape index (κ1) is 16.1. The average molecular weight is 336 g/mol. The van der Waals surface area contributed by atoms with Crippen LogP contribution in [0.1, 0.15) is 40.5 Å². The standard InChI is InChI=1S/C16H20N2O4S/c1-2-8-17(12-7-9-23(21,22)10-12)11-18-15(19)13-5-3-4-6-14(13)16(18)20/h3-6,12H,2,7-11H2,1H3. The third-order valence-corrected chi connectivity index (χ3v) is 6.19. The van der Waals surface area contributed by atoms with Gasteiger partial charge in [-0.1, -0.05) is 19.1 Å². The Kier molecular flexibility index (Phi) is 4.25. The summed E-state index contributed by atoms with van der Waals surface area (Å²) in [7, 11) is -3.00. The van der Waals surface area contributed by atoms with Crippen LogP contribution in [0, 0.1) is 0 Å². The van der Waals surface area contributed by atoms with Crippen LogP contribution in [0.4, 0.5) is 0 Å². The molecule has 2 aliphatic heterocycles. The molecule has 6 nitrogen and oxygen atoms in total. The molecule has 1 atom stereocenters. The van der Waals surface area contributed by atoms with Gasteiger partial charge in [0.25, 0.3) is 11.8 Å². The molecule has 1 aromatic rings. The maximum Gasteiger partial charge on any atom is 0.262 e. The number of nitrogens with zero attached hydrogens (tertiary/aromatic N) is 2. The Balaban J connectivity index is 1.79. The van der Waals surface area contributed by atoms with Gasteiger partial charge in [0, 0.05) is 6.04 Å². The summed E-state index contributed by atoms with van der Waals surface area (Å²) in [5.41, 5.74) is 0.848. The zero-order valence-electron chi connectivity index (χ0n) is 13.1. The fraction of sp³-hybridized carbons (Fsp3) is 0.500. The molecule has 7 heteroatoms. The monoisotopic (exact) mass is 336 g/mol. The molecule has 0 spiro atoms. The van der Waals surface area contributed by atoms with Gasteiger partial charge in [-0.2, -0.15) is 0 Å². The number of hydrogen-bond acceptors (Lipinski definition) is 5. The van der Waals surface area contributed by atoms with Crippen molar-refractivity contribution in [3.63, 3.8) is 0 Å². The van der Waals surface area contributed by atoms with Crippen LogP contribution in [0.5, 0.6) is 0 Å². The minimum Gasteiger partial charge on any atom is -0.282 e. The minimum atomic E-state index is -3.00. The number of benzene rings is 1. The van der Waals surface area contributed by atoms with Crippen LogP contribution in [0.3, 0.4) is 0 Å². The summed E-state index contributed by atoms with van der Waals surface area (Å²) in [5.74, 6) is -0.309. The van der Waals surface area contributed by atoms with Crippen molar-refractivity contribution in [2.45, 2.75) is 25.8 Å². The first-order valence-electron chi connectivity index (χ1n) is 7.82. The van der Waals surface area contributed by atoms with Crippen LogP contribution in [-0.4, -0.2) is 60.8 Å². The van der Waals surface area contributed by atoms with Crippen molar-refractivity contribution in [3.8, 4) is 0 Å². The van der Waals surface area contributed by atoms with E-state index >= 15 is 0 Å². The van der Waals surface area contributed by atoms with Crippen molar-refractivity contribution in [1.29, 1.82) is 0 Å². The van der Waals surface area contributed by atoms with E-state index in [1.807, 2.05) is 11.8 Å². The van der Waals surface area contributed by atoms with E-state index in [-0.39, 0.29) is 36.0 Å². The molecule has 0 radical (unpaired) electrons. The maximum absolute atomic E-state index is 12.4. The molecule has 3 rings (SSSR count). The van der Waals surface area contributed by atoms with Gasteiger partial charge in [0.2, 0.25) is 0 Å². The Morgan fingerprint density at radius 1 is 1.17 bits per heavy atom. The van der Waals surface area contributed by atoms with Gasteiger partial charge < -0.3 is 0 Å². The second kappa shape index (κ2) is 6.05. The molecule has 0 bridgehead atoms. The molecule has 1 fully saturated rings. The lowest BCUT2D eigenvalue weighted by molar-refractivity contribution is 0.0497. The van der Waals surface area contributed by atoms with Gasteiger partial charge in [0.05, 0.1) is 29.3 Å². The summed E-state index contributed by atoms with van der Waals surface area (Å²) in [4.78, 5) is 28.1. The second-order valence-electron chi connectivity index (χ2n) is 6.09. The van der Waals surface area contributed by atoms with Gasteiger partial charge >= 0.3 is 0 Å².